The van der Waals surface area contributed by atoms with E-state index in [0.717, 1.165) is 12.2 Å². The van der Waals surface area contributed by atoms with Crippen LogP contribution < -0.4 is 5.32 Å². The molecule has 4 nitrogen and oxygen atoms in total. The first kappa shape index (κ1) is 14.9. The summed E-state index contributed by atoms with van der Waals surface area (Å²) in [6.45, 7) is 4.35. The predicted molar refractivity (Wildman–Crippen MR) is 74.2 cm³/mol. The number of piperazine rings is 1. The summed E-state index contributed by atoms with van der Waals surface area (Å²) in [6.07, 6.45) is 6.75. The van der Waals surface area contributed by atoms with Crippen molar-refractivity contribution in [3.8, 4) is 12.3 Å². The number of terminal acetylenes is 1. The van der Waals surface area contributed by atoms with Gasteiger partial charge in [0.15, 0.2) is 0 Å². The van der Waals surface area contributed by atoms with Gasteiger partial charge in [0, 0.05) is 12.3 Å². The minimum Gasteiger partial charge on any atom is -0.343 e. The second-order valence-corrected chi connectivity index (χ2v) is 5.42. The van der Waals surface area contributed by atoms with Gasteiger partial charge >= 0.3 is 0 Å². The lowest BCUT2D eigenvalue weighted by atomic mass is 10.0. The van der Waals surface area contributed by atoms with E-state index in [1.54, 1.807) is 23.6 Å². The highest BCUT2D eigenvalue weighted by atomic mass is 32.2. The fraction of sp³-hybridized carbons (Fsp3) is 0.692. The topological polar surface area (TPSA) is 49.4 Å². The van der Waals surface area contributed by atoms with Gasteiger partial charge in [0.05, 0.1) is 5.75 Å². The van der Waals surface area contributed by atoms with Crippen LogP contribution in [-0.2, 0) is 9.59 Å². The van der Waals surface area contributed by atoms with Crippen molar-refractivity contribution in [3.05, 3.63) is 0 Å². The molecule has 1 heterocycles. The van der Waals surface area contributed by atoms with Crippen LogP contribution in [0.3, 0.4) is 0 Å². The molecule has 0 radical (unpaired) electrons. The third-order valence-corrected chi connectivity index (χ3v) is 3.83. The first-order valence-electron chi connectivity index (χ1n) is 6.23. The molecular formula is C13H20N2O2S. The average molecular weight is 268 g/mol. The van der Waals surface area contributed by atoms with E-state index in [-0.39, 0.29) is 23.9 Å². The number of nitrogens with zero attached hydrogens (tertiary/aromatic N) is 1. The summed E-state index contributed by atoms with van der Waals surface area (Å²) >= 11 is 1.61. The molecule has 0 aromatic heterocycles. The van der Waals surface area contributed by atoms with Gasteiger partial charge < -0.3 is 10.2 Å². The minimum absolute atomic E-state index is 0.0326. The molecule has 1 aliphatic heterocycles. The highest BCUT2D eigenvalue weighted by Gasteiger charge is 2.36. The van der Waals surface area contributed by atoms with Crippen molar-refractivity contribution in [1.82, 2.24) is 10.2 Å². The molecule has 0 bridgehead atoms. The first-order chi connectivity index (χ1) is 8.61. The largest absolute Gasteiger partial charge is 0.343 e. The average Bonchev–Trinajstić information content (AvgIpc) is 2.35. The smallest absolute Gasteiger partial charge is 0.245 e. The third kappa shape index (κ3) is 3.67. The van der Waals surface area contributed by atoms with Gasteiger partial charge in [-0.2, -0.15) is 0 Å². The third-order valence-electron chi connectivity index (χ3n) is 2.98. The molecule has 0 aromatic carbocycles. The van der Waals surface area contributed by atoms with Crippen molar-refractivity contribution in [2.75, 3.05) is 18.1 Å². The first-order valence-corrected chi connectivity index (χ1v) is 7.39. The second-order valence-electron chi connectivity index (χ2n) is 4.31. The van der Waals surface area contributed by atoms with E-state index < -0.39 is 0 Å². The Morgan fingerprint density at radius 3 is 2.83 bits per heavy atom. The van der Waals surface area contributed by atoms with Gasteiger partial charge in [-0.1, -0.05) is 19.3 Å². The quantitative estimate of drug-likeness (QED) is 0.574. The molecule has 0 spiro atoms. The summed E-state index contributed by atoms with van der Waals surface area (Å²) in [5.41, 5.74) is 0. The number of nitrogens with one attached hydrogen (secondary N) is 1. The van der Waals surface area contributed by atoms with Crippen LogP contribution in [0, 0.1) is 12.3 Å². The van der Waals surface area contributed by atoms with Gasteiger partial charge in [0.25, 0.3) is 0 Å². The second kappa shape index (κ2) is 7.32. The van der Waals surface area contributed by atoms with Crippen LogP contribution in [0.4, 0.5) is 0 Å². The standard InChI is InChI=1S/C13H20N2O2S/c1-4-6-11-13(17)15(7-9-18-8-5-2)10(3)12(16)14-11/h2,10-11H,4,6-9H2,1,3H3,(H,14,16). The lowest BCUT2D eigenvalue weighted by Crippen LogP contribution is -2.62. The molecule has 0 aromatic rings. The zero-order valence-corrected chi connectivity index (χ0v) is 11.8. The van der Waals surface area contributed by atoms with Crippen molar-refractivity contribution in [3.63, 3.8) is 0 Å². The molecule has 0 saturated carbocycles. The molecule has 18 heavy (non-hydrogen) atoms. The van der Waals surface area contributed by atoms with Crippen LogP contribution in [0.5, 0.6) is 0 Å². The van der Waals surface area contributed by atoms with Gasteiger partial charge in [0.1, 0.15) is 12.1 Å². The molecule has 1 rings (SSSR count). The van der Waals surface area contributed by atoms with Gasteiger partial charge in [-0.3, -0.25) is 9.59 Å². The number of carbonyl (C=O) groups is 2. The summed E-state index contributed by atoms with van der Waals surface area (Å²) in [7, 11) is 0. The fourth-order valence-electron chi connectivity index (χ4n) is 1.97. The molecular weight excluding hydrogens is 248 g/mol. The monoisotopic (exact) mass is 268 g/mol. The Morgan fingerprint density at radius 2 is 2.22 bits per heavy atom. The molecule has 1 fully saturated rings. The van der Waals surface area contributed by atoms with E-state index in [1.165, 1.54) is 0 Å². The Kier molecular flexibility index (Phi) is 6.06. The lowest BCUT2D eigenvalue weighted by molar-refractivity contribution is -0.148. The normalized spacial score (nSPS) is 23.7. The molecule has 1 N–H and O–H groups in total. The summed E-state index contributed by atoms with van der Waals surface area (Å²) in [5.74, 6) is 3.93. The van der Waals surface area contributed by atoms with Crippen LogP contribution >= 0.6 is 11.8 Å². The molecule has 1 aliphatic rings. The molecule has 100 valence electrons. The van der Waals surface area contributed by atoms with E-state index in [2.05, 4.69) is 11.2 Å². The van der Waals surface area contributed by atoms with Crippen LogP contribution in [-0.4, -0.2) is 46.8 Å². The Hall–Kier alpha value is -1.15. The SMILES string of the molecule is C#CCSCCN1C(=O)C(CCC)NC(=O)C1C. The van der Waals surface area contributed by atoms with E-state index in [9.17, 15) is 9.59 Å². The number of carbonyl (C=O) groups excluding carboxylic acids is 2. The van der Waals surface area contributed by atoms with E-state index in [1.807, 2.05) is 6.92 Å². The highest BCUT2D eigenvalue weighted by Crippen LogP contribution is 2.14. The Morgan fingerprint density at radius 1 is 1.50 bits per heavy atom. The van der Waals surface area contributed by atoms with Crippen molar-refractivity contribution < 1.29 is 9.59 Å². The molecule has 2 unspecified atom stereocenters. The number of hydrogen-bond donors (Lipinski definition) is 1. The maximum absolute atomic E-state index is 12.2. The van der Waals surface area contributed by atoms with Crippen molar-refractivity contribution in [1.29, 1.82) is 0 Å². The molecule has 0 aliphatic carbocycles. The van der Waals surface area contributed by atoms with Crippen LogP contribution in [0.15, 0.2) is 0 Å². The molecule has 1 saturated heterocycles. The number of amides is 2. The van der Waals surface area contributed by atoms with Gasteiger partial charge in [-0.15, -0.1) is 18.2 Å². The molecule has 2 atom stereocenters. The summed E-state index contributed by atoms with van der Waals surface area (Å²) in [4.78, 5) is 25.6. The summed E-state index contributed by atoms with van der Waals surface area (Å²) < 4.78 is 0. The maximum atomic E-state index is 12.2. The number of hydrogen-bond acceptors (Lipinski definition) is 3. The van der Waals surface area contributed by atoms with E-state index in [4.69, 9.17) is 6.42 Å². The van der Waals surface area contributed by atoms with E-state index in [0.29, 0.717) is 18.7 Å². The Bertz CT molecular complexity index is 351. The Labute approximate surface area is 113 Å². The fourth-order valence-corrected chi connectivity index (χ4v) is 2.56. The van der Waals surface area contributed by atoms with Gasteiger partial charge in [-0.25, -0.2) is 0 Å². The lowest BCUT2D eigenvalue weighted by Gasteiger charge is -2.37. The molecule has 5 heteroatoms. The zero-order chi connectivity index (χ0) is 13.5. The van der Waals surface area contributed by atoms with Crippen molar-refractivity contribution >= 4 is 23.6 Å². The minimum atomic E-state index is -0.378. The predicted octanol–water partition coefficient (Wildman–Crippen LogP) is 0.868. The Balaban J connectivity index is 2.58. The zero-order valence-electron chi connectivity index (χ0n) is 10.9. The van der Waals surface area contributed by atoms with Crippen LogP contribution in [0.2, 0.25) is 0 Å². The van der Waals surface area contributed by atoms with Gasteiger partial charge in [-0.05, 0) is 13.3 Å². The van der Waals surface area contributed by atoms with Crippen molar-refractivity contribution in [2.24, 2.45) is 0 Å². The summed E-state index contributed by atoms with van der Waals surface area (Å²) in [6, 6.07) is -0.728. The molecule has 2 amide bonds. The van der Waals surface area contributed by atoms with Crippen molar-refractivity contribution in [2.45, 2.75) is 38.8 Å². The van der Waals surface area contributed by atoms with Crippen LogP contribution in [0.1, 0.15) is 26.7 Å². The van der Waals surface area contributed by atoms with Crippen LogP contribution in [0.25, 0.3) is 0 Å². The number of rotatable bonds is 6. The van der Waals surface area contributed by atoms with E-state index >= 15 is 0 Å². The highest BCUT2D eigenvalue weighted by molar-refractivity contribution is 7.99. The summed E-state index contributed by atoms with van der Waals surface area (Å²) in [5, 5.41) is 2.78. The maximum Gasteiger partial charge on any atom is 0.245 e. The number of thioether (sulfide) groups is 1. The van der Waals surface area contributed by atoms with Gasteiger partial charge in [0.2, 0.25) is 11.8 Å².